The average molecular weight is 364 g/mol. The summed E-state index contributed by atoms with van der Waals surface area (Å²) < 4.78 is 7.49. The van der Waals surface area contributed by atoms with Gasteiger partial charge in [0.1, 0.15) is 17.3 Å². The molecule has 0 fully saturated rings. The molecule has 1 aliphatic rings. The lowest BCUT2D eigenvalue weighted by atomic mass is 9.99. The first kappa shape index (κ1) is 17.3. The van der Waals surface area contributed by atoms with Crippen molar-refractivity contribution in [1.82, 2.24) is 19.7 Å². The number of aryl methyl sites for hydroxylation is 3. The van der Waals surface area contributed by atoms with Gasteiger partial charge in [-0.15, -0.1) is 0 Å². The van der Waals surface area contributed by atoms with Crippen LogP contribution in [0, 0.1) is 6.92 Å². The van der Waals surface area contributed by atoms with E-state index in [2.05, 4.69) is 26.8 Å². The molecule has 0 spiro atoms. The minimum atomic E-state index is 0.551. The SMILES string of the molecule is CNc1cc(C)nc(Nc2ccc(OC)c(-n3cc4c(n3)CCCC4)c2)n1. The number of anilines is 3. The van der Waals surface area contributed by atoms with E-state index in [0.29, 0.717) is 5.95 Å². The summed E-state index contributed by atoms with van der Waals surface area (Å²) in [7, 11) is 3.52. The normalized spacial score (nSPS) is 13.1. The highest BCUT2D eigenvalue weighted by Gasteiger charge is 2.16. The molecule has 1 aromatic carbocycles. The van der Waals surface area contributed by atoms with E-state index < -0.39 is 0 Å². The summed E-state index contributed by atoms with van der Waals surface area (Å²) in [4.78, 5) is 8.92. The smallest absolute Gasteiger partial charge is 0.229 e. The Kier molecular flexibility index (Phi) is 4.66. The molecule has 1 aliphatic carbocycles. The number of aromatic nitrogens is 4. The molecule has 0 bridgehead atoms. The molecule has 4 rings (SSSR count). The van der Waals surface area contributed by atoms with Crippen LogP contribution in [0.5, 0.6) is 5.75 Å². The maximum absolute atomic E-state index is 5.56. The fourth-order valence-electron chi connectivity index (χ4n) is 3.42. The second-order valence-corrected chi connectivity index (χ2v) is 6.73. The third kappa shape index (κ3) is 3.58. The van der Waals surface area contributed by atoms with Crippen molar-refractivity contribution in [3.8, 4) is 11.4 Å². The molecule has 7 nitrogen and oxygen atoms in total. The van der Waals surface area contributed by atoms with E-state index in [1.54, 1.807) is 7.11 Å². The highest BCUT2D eigenvalue weighted by molar-refractivity contribution is 5.63. The van der Waals surface area contributed by atoms with Gasteiger partial charge < -0.3 is 15.4 Å². The predicted octanol–water partition coefficient (Wildman–Crippen LogP) is 3.64. The van der Waals surface area contributed by atoms with Crippen molar-refractivity contribution in [1.29, 1.82) is 0 Å². The van der Waals surface area contributed by atoms with Crippen LogP contribution in [0.2, 0.25) is 0 Å². The Hall–Kier alpha value is -3.09. The minimum absolute atomic E-state index is 0.551. The topological polar surface area (TPSA) is 76.9 Å². The van der Waals surface area contributed by atoms with Crippen LogP contribution in [-0.4, -0.2) is 33.9 Å². The number of fused-ring (bicyclic) bond motifs is 1. The largest absolute Gasteiger partial charge is 0.494 e. The molecule has 0 saturated carbocycles. The Morgan fingerprint density at radius 1 is 1.11 bits per heavy atom. The van der Waals surface area contributed by atoms with Crippen molar-refractivity contribution in [3.63, 3.8) is 0 Å². The van der Waals surface area contributed by atoms with E-state index in [1.807, 2.05) is 42.9 Å². The van der Waals surface area contributed by atoms with E-state index in [9.17, 15) is 0 Å². The number of ether oxygens (including phenoxy) is 1. The molecule has 2 N–H and O–H groups in total. The summed E-state index contributed by atoms with van der Waals surface area (Å²) in [6, 6.07) is 7.81. The van der Waals surface area contributed by atoms with E-state index in [0.717, 1.165) is 41.5 Å². The maximum atomic E-state index is 5.56. The summed E-state index contributed by atoms with van der Waals surface area (Å²) >= 11 is 0. The number of methoxy groups -OCH3 is 1. The van der Waals surface area contributed by atoms with E-state index >= 15 is 0 Å². The molecule has 140 valence electrons. The third-order valence-electron chi connectivity index (χ3n) is 4.78. The molecular weight excluding hydrogens is 340 g/mol. The summed E-state index contributed by atoms with van der Waals surface area (Å²) in [5, 5.41) is 11.1. The van der Waals surface area contributed by atoms with Crippen LogP contribution in [-0.2, 0) is 12.8 Å². The molecule has 0 amide bonds. The molecule has 0 atom stereocenters. The number of hydrogen-bond acceptors (Lipinski definition) is 6. The zero-order chi connectivity index (χ0) is 18.8. The van der Waals surface area contributed by atoms with E-state index in [-0.39, 0.29) is 0 Å². The Morgan fingerprint density at radius 2 is 1.96 bits per heavy atom. The zero-order valence-corrected chi connectivity index (χ0v) is 15.9. The van der Waals surface area contributed by atoms with Crippen LogP contribution in [0.1, 0.15) is 29.8 Å². The lowest BCUT2D eigenvalue weighted by molar-refractivity contribution is 0.411. The van der Waals surface area contributed by atoms with Crippen LogP contribution in [0.3, 0.4) is 0 Å². The minimum Gasteiger partial charge on any atom is -0.494 e. The molecule has 0 saturated heterocycles. The first-order chi connectivity index (χ1) is 13.2. The standard InChI is InChI=1S/C20H24N6O/c1-13-10-19(21-2)24-20(22-13)23-15-8-9-18(27-3)17(11-15)26-12-14-6-4-5-7-16(14)25-26/h8-12H,4-7H2,1-3H3,(H2,21,22,23,24). The van der Waals surface area contributed by atoms with Crippen molar-refractivity contribution in [2.24, 2.45) is 0 Å². The summed E-state index contributed by atoms with van der Waals surface area (Å²) in [6.07, 6.45) is 6.71. The van der Waals surface area contributed by atoms with Gasteiger partial charge in [0, 0.05) is 30.7 Å². The second-order valence-electron chi connectivity index (χ2n) is 6.73. The fraction of sp³-hybridized carbons (Fsp3) is 0.350. The second kappa shape index (κ2) is 7.26. The van der Waals surface area contributed by atoms with Gasteiger partial charge in [0.15, 0.2) is 0 Å². The zero-order valence-electron chi connectivity index (χ0n) is 15.9. The van der Waals surface area contributed by atoms with Crippen LogP contribution < -0.4 is 15.4 Å². The number of nitrogens with one attached hydrogen (secondary N) is 2. The summed E-state index contributed by atoms with van der Waals surface area (Å²) in [5.41, 5.74) is 5.21. The molecule has 2 heterocycles. The molecule has 3 aromatic rings. The van der Waals surface area contributed by atoms with Crippen molar-refractivity contribution in [2.45, 2.75) is 32.6 Å². The van der Waals surface area contributed by atoms with E-state index in [4.69, 9.17) is 9.84 Å². The Bertz CT molecular complexity index is 942. The maximum Gasteiger partial charge on any atom is 0.229 e. The van der Waals surface area contributed by atoms with Gasteiger partial charge >= 0.3 is 0 Å². The summed E-state index contributed by atoms with van der Waals surface area (Å²) in [6.45, 7) is 1.95. The molecule has 0 radical (unpaired) electrons. The molecular formula is C20H24N6O. The first-order valence-electron chi connectivity index (χ1n) is 9.22. The van der Waals surface area contributed by atoms with Crippen molar-refractivity contribution in [2.75, 3.05) is 24.8 Å². The molecule has 2 aromatic heterocycles. The first-order valence-corrected chi connectivity index (χ1v) is 9.22. The number of nitrogens with zero attached hydrogens (tertiary/aromatic N) is 4. The van der Waals surface area contributed by atoms with Crippen LogP contribution in [0.25, 0.3) is 5.69 Å². The monoisotopic (exact) mass is 364 g/mol. The van der Waals surface area contributed by atoms with Gasteiger partial charge in [0.25, 0.3) is 0 Å². The Balaban J connectivity index is 1.69. The van der Waals surface area contributed by atoms with Gasteiger partial charge in [0.05, 0.1) is 12.8 Å². The highest BCUT2D eigenvalue weighted by atomic mass is 16.5. The lowest BCUT2D eigenvalue weighted by Crippen LogP contribution is -2.04. The lowest BCUT2D eigenvalue weighted by Gasteiger charge is -2.12. The van der Waals surface area contributed by atoms with Gasteiger partial charge in [-0.05, 0) is 56.4 Å². The fourth-order valence-corrected chi connectivity index (χ4v) is 3.42. The van der Waals surface area contributed by atoms with Crippen molar-refractivity contribution in [3.05, 3.63) is 47.4 Å². The third-order valence-corrected chi connectivity index (χ3v) is 4.78. The van der Waals surface area contributed by atoms with Crippen LogP contribution in [0.4, 0.5) is 17.5 Å². The van der Waals surface area contributed by atoms with Gasteiger partial charge in [-0.1, -0.05) is 0 Å². The van der Waals surface area contributed by atoms with Gasteiger partial charge in [0.2, 0.25) is 5.95 Å². The molecule has 0 unspecified atom stereocenters. The Morgan fingerprint density at radius 3 is 2.74 bits per heavy atom. The molecule has 0 aliphatic heterocycles. The molecule has 27 heavy (non-hydrogen) atoms. The van der Waals surface area contributed by atoms with Crippen LogP contribution >= 0.6 is 0 Å². The van der Waals surface area contributed by atoms with Crippen LogP contribution in [0.15, 0.2) is 30.5 Å². The summed E-state index contributed by atoms with van der Waals surface area (Å²) in [5.74, 6) is 2.11. The Labute approximate surface area is 158 Å². The highest BCUT2D eigenvalue weighted by Crippen LogP contribution is 2.29. The van der Waals surface area contributed by atoms with Crippen molar-refractivity contribution >= 4 is 17.5 Å². The quantitative estimate of drug-likeness (QED) is 0.720. The number of benzene rings is 1. The van der Waals surface area contributed by atoms with E-state index in [1.165, 1.54) is 24.1 Å². The van der Waals surface area contributed by atoms with Gasteiger partial charge in [-0.3, -0.25) is 0 Å². The van der Waals surface area contributed by atoms with Crippen molar-refractivity contribution < 1.29 is 4.74 Å². The average Bonchev–Trinajstić information content (AvgIpc) is 3.11. The number of rotatable bonds is 5. The van der Waals surface area contributed by atoms with Gasteiger partial charge in [-0.25, -0.2) is 9.67 Å². The predicted molar refractivity (Wildman–Crippen MR) is 106 cm³/mol. The molecule has 7 heteroatoms. The number of hydrogen-bond donors (Lipinski definition) is 2. The van der Waals surface area contributed by atoms with Gasteiger partial charge in [-0.2, -0.15) is 10.1 Å².